The highest BCUT2D eigenvalue weighted by molar-refractivity contribution is 7.99. The second kappa shape index (κ2) is 12.8. The molecule has 2 aromatic carbocycles. The quantitative estimate of drug-likeness (QED) is 0.157. The first-order valence-corrected chi connectivity index (χ1v) is 14.3. The van der Waals surface area contributed by atoms with Crippen molar-refractivity contribution in [2.24, 2.45) is 5.92 Å². The van der Waals surface area contributed by atoms with Gasteiger partial charge in [-0.3, -0.25) is 4.79 Å². The molecule has 0 radical (unpaired) electrons. The van der Waals surface area contributed by atoms with E-state index in [0.29, 0.717) is 6.42 Å². The molecule has 3 aromatic rings. The molecule has 5 nitrogen and oxygen atoms in total. The summed E-state index contributed by atoms with van der Waals surface area (Å²) in [4.78, 5) is 15.8. The van der Waals surface area contributed by atoms with Crippen LogP contribution in [0.15, 0.2) is 46.1 Å². The van der Waals surface area contributed by atoms with E-state index in [1.807, 2.05) is 0 Å². The van der Waals surface area contributed by atoms with Gasteiger partial charge in [0.05, 0.1) is 16.6 Å². The molecule has 1 aromatic heterocycles. The molecule has 206 valence electrons. The largest absolute Gasteiger partial charge is 0.507 e. The molecular weight excluding hydrogens is 537 g/mol. The molecule has 0 bridgehead atoms. The minimum absolute atomic E-state index is 0.115. The normalized spacial score (nSPS) is 15.7. The second-order valence-electron chi connectivity index (χ2n) is 9.89. The summed E-state index contributed by atoms with van der Waals surface area (Å²) >= 11 is 7.20. The lowest BCUT2D eigenvalue weighted by Gasteiger charge is -2.22. The number of thioether (sulfide) groups is 1. The van der Waals surface area contributed by atoms with Crippen molar-refractivity contribution in [3.05, 3.63) is 57.3 Å². The van der Waals surface area contributed by atoms with Crippen molar-refractivity contribution in [3.63, 3.8) is 0 Å². The third-order valence-corrected chi connectivity index (χ3v) is 8.46. The zero-order chi connectivity index (χ0) is 27.3. The fourth-order valence-electron chi connectivity index (χ4n) is 4.99. The third kappa shape index (κ3) is 7.25. The van der Waals surface area contributed by atoms with Gasteiger partial charge in [0.1, 0.15) is 5.75 Å². The lowest BCUT2D eigenvalue weighted by Crippen LogP contribution is -2.26. The first-order valence-electron chi connectivity index (χ1n) is 12.9. The number of hydrogen-bond donors (Lipinski definition) is 4. The van der Waals surface area contributed by atoms with Crippen molar-refractivity contribution < 1.29 is 23.4 Å². The number of aromatic hydroxyl groups is 1. The summed E-state index contributed by atoms with van der Waals surface area (Å²) < 4.78 is 40.6. The van der Waals surface area contributed by atoms with E-state index in [1.54, 1.807) is 0 Å². The van der Waals surface area contributed by atoms with Gasteiger partial charge in [-0.15, -0.1) is 11.8 Å². The second-order valence-corrected chi connectivity index (χ2v) is 11.4. The maximum Gasteiger partial charge on any atom is 0.416 e. The molecule has 0 amide bonds. The number of rotatable bonds is 10. The molecule has 4 N–H and O–H groups in total. The van der Waals surface area contributed by atoms with Crippen molar-refractivity contribution in [1.82, 2.24) is 10.3 Å². The van der Waals surface area contributed by atoms with Gasteiger partial charge in [0.15, 0.2) is 0 Å². The van der Waals surface area contributed by atoms with Crippen LogP contribution in [0, 0.1) is 5.92 Å². The van der Waals surface area contributed by atoms with Crippen LogP contribution >= 0.6 is 23.4 Å². The molecule has 1 aliphatic rings. The molecule has 1 saturated carbocycles. The number of pyridine rings is 1. The molecule has 1 unspecified atom stereocenters. The molecule has 38 heavy (non-hydrogen) atoms. The van der Waals surface area contributed by atoms with E-state index in [9.17, 15) is 28.2 Å². The summed E-state index contributed by atoms with van der Waals surface area (Å²) in [5.74, 6) is 0.679. The lowest BCUT2D eigenvalue weighted by molar-refractivity contribution is -0.137. The third-order valence-electron chi connectivity index (χ3n) is 6.99. The van der Waals surface area contributed by atoms with Crippen LogP contribution in [0.1, 0.15) is 50.5 Å². The van der Waals surface area contributed by atoms with Gasteiger partial charge < -0.3 is 20.5 Å². The zero-order valence-electron chi connectivity index (χ0n) is 20.9. The summed E-state index contributed by atoms with van der Waals surface area (Å²) in [5, 5.41) is 25.0. The predicted octanol–water partition coefficient (Wildman–Crippen LogP) is 6.98. The number of aliphatic hydroxyl groups is 1. The zero-order valence-corrected chi connectivity index (χ0v) is 22.5. The Hall–Kier alpha value is -2.20. The van der Waals surface area contributed by atoms with Crippen LogP contribution in [-0.2, 0) is 6.18 Å². The average Bonchev–Trinajstić information content (AvgIpc) is 2.88. The Morgan fingerprint density at radius 2 is 1.89 bits per heavy atom. The van der Waals surface area contributed by atoms with E-state index < -0.39 is 23.4 Å². The van der Waals surface area contributed by atoms with Crippen LogP contribution < -0.4 is 10.9 Å². The molecule has 10 heteroatoms. The minimum Gasteiger partial charge on any atom is -0.507 e. The summed E-state index contributed by atoms with van der Waals surface area (Å²) in [7, 11) is 0. The number of benzene rings is 2. The molecule has 0 spiro atoms. The average molecular weight is 569 g/mol. The fraction of sp³-hybridized carbons (Fsp3) is 0.464. The molecule has 1 aliphatic carbocycles. The molecule has 1 atom stereocenters. The number of nitrogens with one attached hydrogen (secondary N) is 2. The minimum atomic E-state index is -4.59. The van der Waals surface area contributed by atoms with Gasteiger partial charge in [0.25, 0.3) is 5.56 Å². The highest BCUT2D eigenvalue weighted by Crippen LogP contribution is 2.42. The van der Waals surface area contributed by atoms with Gasteiger partial charge in [0, 0.05) is 32.8 Å². The highest BCUT2D eigenvalue weighted by atomic mass is 35.5. The molecule has 1 heterocycles. The number of hydrogen-bond acceptors (Lipinski definition) is 5. The van der Waals surface area contributed by atoms with Crippen LogP contribution in [0.4, 0.5) is 13.2 Å². The van der Waals surface area contributed by atoms with Crippen molar-refractivity contribution in [3.8, 4) is 16.9 Å². The van der Waals surface area contributed by atoms with Gasteiger partial charge in [-0.05, 0) is 81.1 Å². The number of phenols is 1. The smallest absolute Gasteiger partial charge is 0.416 e. The van der Waals surface area contributed by atoms with Crippen LogP contribution in [0.25, 0.3) is 22.0 Å². The van der Waals surface area contributed by atoms with E-state index in [4.69, 9.17) is 11.6 Å². The predicted molar refractivity (Wildman–Crippen MR) is 147 cm³/mol. The maximum absolute atomic E-state index is 13.5. The van der Waals surface area contributed by atoms with E-state index in [-0.39, 0.29) is 43.5 Å². The summed E-state index contributed by atoms with van der Waals surface area (Å²) in [6.45, 7) is 1.78. The first-order chi connectivity index (χ1) is 18.1. The van der Waals surface area contributed by atoms with Crippen molar-refractivity contribution in [2.45, 2.75) is 62.1 Å². The van der Waals surface area contributed by atoms with Crippen molar-refractivity contribution >= 4 is 34.3 Å². The fourth-order valence-corrected chi connectivity index (χ4v) is 6.23. The Labute approximate surface area is 228 Å². The summed E-state index contributed by atoms with van der Waals surface area (Å²) in [5.41, 5.74) is -0.890. The van der Waals surface area contributed by atoms with Gasteiger partial charge >= 0.3 is 6.18 Å². The standard InChI is InChI=1S/C28H32ClF3N2O3S/c29-19-9-11-24(36)22(14-19)25-21-13-18(28(30,31)32)8-10-23(21)34-27(37)26(25)38-16-20(35)7-4-12-33-15-17-5-2-1-3-6-17/h8-11,13-14,17,20,33,35-36H,1-7,12,15-16H2,(H,34,37). The van der Waals surface area contributed by atoms with Gasteiger partial charge in [-0.2, -0.15) is 13.2 Å². The topological polar surface area (TPSA) is 85.4 Å². The lowest BCUT2D eigenvalue weighted by atomic mass is 9.89. The Morgan fingerprint density at radius 1 is 1.13 bits per heavy atom. The number of aromatic amines is 1. The highest BCUT2D eigenvalue weighted by Gasteiger charge is 2.31. The number of halogens is 4. The molecule has 1 fully saturated rings. The molecule has 0 aliphatic heterocycles. The summed E-state index contributed by atoms with van der Waals surface area (Å²) in [6, 6.07) is 7.27. The maximum atomic E-state index is 13.5. The van der Waals surface area contributed by atoms with Crippen molar-refractivity contribution in [2.75, 3.05) is 18.8 Å². The van der Waals surface area contributed by atoms with E-state index >= 15 is 0 Å². The molecule has 0 saturated heterocycles. The Balaban J connectivity index is 1.53. The van der Waals surface area contributed by atoms with E-state index in [2.05, 4.69) is 10.3 Å². The van der Waals surface area contributed by atoms with Gasteiger partial charge in [-0.1, -0.05) is 30.9 Å². The van der Waals surface area contributed by atoms with Crippen LogP contribution in [0.2, 0.25) is 5.02 Å². The number of fused-ring (bicyclic) bond motifs is 1. The number of H-pyrrole nitrogens is 1. The van der Waals surface area contributed by atoms with Crippen LogP contribution in [-0.4, -0.2) is 40.1 Å². The molecule has 4 rings (SSSR count). The van der Waals surface area contributed by atoms with Crippen LogP contribution in [0.3, 0.4) is 0 Å². The Kier molecular flexibility index (Phi) is 9.68. The Morgan fingerprint density at radius 3 is 2.63 bits per heavy atom. The van der Waals surface area contributed by atoms with Gasteiger partial charge in [0.2, 0.25) is 0 Å². The van der Waals surface area contributed by atoms with Gasteiger partial charge in [-0.25, -0.2) is 0 Å². The number of alkyl halides is 3. The number of phenolic OH excluding ortho intramolecular Hbond substituents is 1. The van der Waals surface area contributed by atoms with E-state index in [0.717, 1.165) is 49.3 Å². The van der Waals surface area contributed by atoms with Crippen molar-refractivity contribution in [1.29, 1.82) is 0 Å². The first kappa shape index (κ1) is 28.8. The SMILES string of the molecule is O=c1[nH]c2ccc(C(F)(F)F)cc2c(-c2cc(Cl)ccc2O)c1SCC(O)CCCNCC1CCCCC1. The number of aliphatic hydroxyl groups excluding tert-OH is 1. The monoisotopic (exact) mass is 568 g/mol. The van der Waals surface area contributed by atoms with Crippen LogP contribution in [0.5, 0.6) is 5.75 Å². The summed E-state index contributed by atoms with van der Waals surface area (Å²) in [6.07, 6.45) is 2.42. The number of aromatic nitrogens is 1. The van der Waals surface area contributed by atoms with E-state index in [1.165, 1.54) is 56.4 Å². The molecular formula is C28H32ClF3N2O3S. The Bertz CT molecular complexity index is 1310.